The molecule has 0 aromatic heterocycles. The summed E-state index contributed by atoms with van der Waals surface area (Å²) in [6.45, 7) is 6.85. The molecule has 2 unspecified atom stereocenters. The van der Waals surface area contributed by atoms with Crippen LogP contribution in [0.25, 0.3) is 0 Å². The van der Waals surface area contributed by atoms with Gasteiger partial charge in [-0.15, -0.1) is 0 Å². The van der Waals surface area contributed by atoms with Gasteiger partial charge in [-0.2, -0.15) is 0 Å². The van der Waals surface area contributed by atoms with Crippen LogP contribution >= 0.6 is 0 Å². The summed E-state index contributed by atoms with van der Waals surface area (Å²) in [6.07, 6.45) is 5.94. The van der Waals surface area contributed by atoms with Gasteiger partial charge in [0.25, 0.3) is 0 Å². The number of ether oxygens (including phenoxy) is 2. The Kier molecular flexibility index (Phi) is 5.19. The van der Waals surface area contributed by atoms with E-state index in [1.165, 1.54) is 12.8 Å². The Labute approximate surface area is 155 Å². The lowest BCUT2D eigenvalue weighted by Crippen LogP contribution is -2.43. The van der Waals surface area contributed by atoms with Gasteiger partial charge in [-0.3, -0.25) is 0 Å². The van der Waals surface area contributed by atoms with Gasteiger partial charge in [0, 0.05) is 11.7 Å². The molecular weight excluding hydrogens is 330 g/mol. The van der Waals surface area contributed by atoms with Gasteiger partial charge in [-0.25, -0.2) is 0 Å². The zero-order valence-electron chi connectivity index (χ0n) is 16.0. The van der Waals surface area contributed by atoms with Gasteiger partial charge in [0.1, 0.15) is 11.4 Å². The van der Waals surface area contributed by atoms with Crippen LogP contribution in [0.3, 0.4) is 0 Å². The summed E-state index contributed by atoms with van der Waals surface area (Å²) in [5.41, 5.74) is 0.632. The van der Waals surface area contributed by atoms with Crippen LogP contribution in [0.15, 0.2) is 41.8 Å². The quantitative estimate of drug-likeness (QED) is 0.776. The first-order chi connectivity index (χ1) is 12.3. The van der Waals surface area contributed by atoms with Gasteiger partial charge in [-0.1, -0.05) is 6.07 Å². The Morgan fingerprint density at radius 3 is 2.62 bits per heavy atom. The lowest BCUT2D eigenvalue weighted by molar-refractivity contribution is 0.0193. The second-order valence-electron chi connectivity index (χ2n) is 7.64. The molecule has 0 bridgehead atoms. The minimum atomic E-state index is -1.08. The van der Waals surface area contributed by atoms with Crippen molar-refractivity contribution in [2.75, 3.05) is 20.3 Å². The maximum atomic E-state index is 11.2. The Bertz CT molecular complexity index is 719. The van der Waals surface area contributed by atoms with Crippen molar-refractivity contribution >= 4 is 0 Å². The van der Waals surface area contributed by atoms with Crippen LogP contribution in [0.2, 0.25) is 0 Å². The average molecular weight is 359 g/mol. The van der Waals surface area contributed by atoms with E-state index in [9.17, 15) is 10.2 Å². The third-order valence-corrected chi connectivity index (χ3v) is 5.15. The van der Waals surface area contributed by atoms with Gasteiger partial charge < -0.3 is 24.6 Å². The predicted molar refractivity (Wildman–Crippen MR) is 101 cm³/mol. The average Bonchev–Trinajstić information content (AvgIpc) is 3.40. The highest BCUT2D eigenvalue weighted by molar-refractivity contribution is 5.45. The molecule has 1 saturated carbocycles. The number of rotatable bonds is 7. The lowest BCUT2D eigenvalue weighted by atomic mass is 9.93. The smallest absolute Gasteiger partial charge is 0.161 e. The fraction of sp³-hybridized carbons (Fsp3) is 0.524. The van der Waals surface area contributed by atoms with E-state index >= 15 is 0 Å². The van der Waals surface area contributed by atoms with E-state index in [1.54, 1.807) is 26.2 Å². The Hall–Kier alpha value is -2.14. The monoisotopic (exact) mass is 359 g/mol. The SMILES string of the molecule is COc1ccc(C(C)(O)CN2C(C)=CC(O)=CC2C)cc1OCC1CC1. The van der Waals surface area contributed by atoms with Crippen molar-refractivity contribution in [3.8, 4) is 11.5 Å². The first-order valence-electron chi connectivity index (χ1n) is 9.19. The van der Waals surface area contributed by atoms with Crippen molar-refractivity contribution in [2.45, 2.75) is 45.3 Å². The molecule has 0 saturated heterocycles. The molecule has 1 heterocycles. The molecule has 2 aliphatic rings. The zero-order chi connectivity index (χ0) is 18.9. The van der Waals surface area contributed by atoms with Crippen LogP contribution in [0, 0.1) is 5.92 Å². The summed E-state index contributed by atoms with van der Waals surface area (Å²) < 4.78 is 11.3. The van der Waals surface area contributed by atoms with Crippen LogP contribution in [-0.4, -0.2) is 41.4 Å². The number of hydrogen-bond acceptors (Lipinski definition) is 5. The third-order valence-electron chi connectivity index (χ3n) is 5.15. The Morgan fingerprint density at radius 1 is 1.27 bits per heavy atom. The fourth-order valence-corrected chi connectivity index (χ4v) is 3.31. The molecule has 1 fully saturated rings. The van der Waals surface area contributed by atoms with E-state index in [2.05, 4.69) is 4.90 Å². The number of hydrogen-bond donors (Lipinski definition) is 2. The Morgan fingerprint density at radius 2 is 2.00 bits per heavy atom. The van der Waals surface area contributed by atoms with Gasteiger partial charge in [-0.05, 0) is 69.4 Å². The second kappa shape index (κ2) is 7.23. The van der Waals surface area contributed by atoms with Gasteiger partial charge in [0.05, 0.1) is 20.3 Å². The standard InChI is InChI=1S/C21H29NO4/c1-14-9-18(23)10-15(2)22(14)13-21(3,24)17-7-8-19(25-4)20(11-17)26-12-16-5-6-16/h7-11,14,16,23-24H,5-6,12-13H2,1-4H3. The van der Waals surface area contributed by atoms with Crippen molar-refractivity contribution in [2.24, 2.45) is 5.92 Å². The molecule has 142 valence electrons. The zero-order valence-corrected chi connectivity index (χ0v) is 16.0. The second-order valence-corrected chi connectivity index (χ2v) is 7.64. The van der Waals surface area contributed by atoms with Crippen molar-refractivity contribution in [1.29, 1.82) is 0 Å². The first kappa shape index (κ1) is 18.6. The summed E-state index contributed by atoms with van der Waals surface area (Å²) in [7, 11) is 1.62. The van der Waals surface area contributed by atoms with Gasteiger partial charge in [0.2, 0.25) is 0 Å². The molecule has 2 N–H and O–H groups in total. The van der Waals surface area contributed by atoms with Gasteiger partial charge >= 0.3 is 0 Å². The van der Waals surface area contributed by atoms with E-state index in [1.807, 2.05) is 32.0 Å². The topological polar surface area (TPSA) is 62.2 Å². The lowest BCUT2D eigenvalue weighted by Gasteiger charge is -2.38. The number of methoxy groups -OCH3 is 1. The highest BCUT2D eigenvalue weighted by Gasteiger charge is 2.31. The number of aliphatic hydroxyl groups is 2. The van der Waals surface area contributed by atoms with Crippen LogP contribution in [0.5, 0.6) is 11.5 Å². The van der Waals surface area contributed by atoms with Crippen molar-refractivity contribution in [3.05, 3.63) is 47.4 Å². The number of nitrogens with zero attached hydrogens (tertiary/aromatic N) is 1. The van der Waals surface area contributed by atoms with Crippen LogP contribution in [0.4, 0.5) is 0 Å². The predicted octanol–water partition coefficient (Wildman–Crippen LogP) is 3.74. The normalized spacial score (nSPS) is 22.3. The van der Waals surface area contributed by atoms with E-state index in [-0.39, 0.29) is 11.8 Å². The van der Waals surface area contributed by atoms with Crippen LogP contribution in [-0.2, 0) is 5.60 Å². The molecule has 0 amide bonds. The Balaban J connectivity index is 1.79. The molecule has 1 aliphatic carbocycles. The molecule has 1 aromatic rings. The van der Waals surface area contributed by atoms with E-state index in [4.69, 9.17) is 9.47 Å². The first-order valence-corrected chi connectivity index (χ1v) is 9.19. The van der Waals surface area contributed by atoms with Crippen molar-refractivity contribution < 1.29 is 19.7 Å². The van der Waals surface area contributed by atoms with E-state index < -0.39 is 5.60 Å². The highest BCUT2D eigenvalue weighted by Crippen LogP contribution is 2.36. The third kappa shape index (κ3) is 4.15. The minimum Gasteiger partial charge on any atom is -0.508 e. The molecule has 0 radical (unpaired) electrons. The molecule has 5 heteroatoms. The largest absolute Gasteiger partial charge is 0.508 e. The number of β-amino-alcohol motifs (C(OH)–C–C–N with tert-alkyl or cyclic N) is 1. The van der Waals surface area contributed by atoms with Crippen LogP contribution in [0.1, 0.15) is 39.2 Å². The maximum absolute atomic E-state index is 11.2. The van der Waals surface area contributed by atoms with Crippen LogP contribution < -0.4 is 9.47 Å². The summed E-state index contributed by atoms with van der Waals surface area (Å²) in [5.74, 6) is 2.27. The van der Waals surface area contributed by atoms with E-state index in [0.29, 0.717) is 30.6 Å². The highest BCUT2D eigenvalue weighted by atomic mass is 16.5. The summed E-state index contributed by atoms with van der Waals surface area (Å²) >= 11 is 0. The van der Waals surface area contributed by atoms with E-state index in [0.717, 1.165) is 11.3 Å². The number of allylic oxidation sites excluding steroid dienone is 2. The summed E-state index contributed by atoms with van der Waals surface area (Å²) in [6, 6.07) is 5.61. The molecule has 1 aromatic carbocycles. The minimum absolute atomic E-state index is 0.00955. The van der Waals surface area contributed by atoms with Crippen molar-refractivity contribution in [3.63, 3.8) is 0 Å². The molecule has 2 atom stereocenters. The molecule has 26 heavy (non-hydrogen) atoms. The number of aliphatic hydroxyl groups excluding tert-OH is 1. The van der Waals surface area contributed by atoms with Gasteiger partial charge in [0.15, 0.2) is 11.5 Å². The van der Waals surface area contributed by atoms with Crippen molar-refractivity contribution in [1.82, 2.24) is 4.90 Å². The molecule has 0 spiro atoms. The number of benzene rings is 1. The summed E-state index contributed by atoms with van der Waals surface area (Å²) in [5, 5.41) is 20.9. The molecular formula is C21H29NO4. The fourth-order valence-electron chi connectivity index (χ4n) is 3.31. The summed E-state index contributed by atoms with van der Waals surface area (Å²) in [4.78, 5) is 2.08. The maximum Gasteiger partial charge on any atom is 0.161 e. The molecule has 1 aliphatic heterocycles. The molecule has 5 nitrogen and oxygen atoms in total. The molecule has 3 rings (SSSR count).